The molecule has 0 unspecified atom stereocenters. The average Bonchev–Trinajstić information content (AvgIpc) is 2.29. The molecule has 0 bridgehead atoms. The van der Waals surface area contributed by atoms with Crippen molar-refractivity contribution in [3.8, 4) is 17.3 Å². The second kappa shape index (κ2) is 4.52. The van der Waals surface area contributed by atoms with Gasteiger partial charge in [-0.1, -0.05) is 36.0 Å². The zero-order valence-corrected chi connectivity index (χ0v) is 10.6. The summed E-state index contributed by atoms with van der Waals surface area (Å²) in [6.07, 6.45) is 0. The first-order chi connectivity index (χ1) is 8.11. The third kappa shape index (κ3) is 2.27. The molecule has 1 aromatic heterocycles. The Bertz CT molecular complexity index is 663. The Morgan fingerprint density at radius 2 is 1.94 bits per heavy atom. The van der Waals surface area contributed by atoms with Gasteiger partial charge in [0.1, 0.15) is 10.7 Å². The summed E-state index contributed by atoms with van der Waals surface area (Å²) < 4.78 is 0.491. The Kier molecular flexibility index (Phi) is 3.08. The number of rotatable bonds is 1. The molecule has 2 nitrogen and oxygen atoms in total. The number of aromatic nitrogens is 1. The highest BCUT2D eigenvalue weighted by Crippen LogP contribution is 2.22. The lowest BCUT2D eigenvalue weighted by Crippen LogP contribution is -1.90. The molecule has 0 spiro atoms. The standard InChI is InChI=1S/C14H12N2S/c1-9-3-5-12(10(2)7-9)13-6-4-11(8-15)14(17)16-13/h3-7H,1-2H3,(H,16,17). The molecule has 1 N–H and O–H groups in total. The molecule has 2 rings (SSSR count). The van der Waals surface area contributed by atoms with Gasteiger partial charge in [0.05, 0.1) is 5.56 Å². The maximum absolute atomic E-state index is 8.83. The van der Waals surface area contributed by atoms with E-state index in [-0.39, 0.29) is 0 Å². The van der Waals surface area contributed by atoms with Crippen LogP contribution in [-0.4, -0.2) is 4.98 Å². The Labute approximate surface area is 106 Å². The van der Waals surface area contributed by atoms with Crippen LogP contribution >= 0.6 is 12.2 Å². The van der Waals surface area contributed by atoms with Gasteiger partial charge < -0.3 is 4.98 Å². The largest absolute Gasteiger partial charge is 0.345 e. The van der Waals surface area contributed by atoms with Crippen molar-refractivity contribution in [2.45, 2.75) is 13.8 Å². The first-order valence-corrected chi connectivity index (χ1v) is 5.73. The van der Waals surface area contributed by atoms with Gasteiger partial charge in [-0.05, 0) is 31.5 Å². The van der Waals surface area contributed by atoms with Crippen molar-refractivity contribution in [2.75, 3.05) is 0 Å². The number of nitrogens with one attached hydrogen (secondary N) is 1. The van der Waals surface area contributed by atoms with E-state index in [4.69, 9.17) is 17.5 Å². The second-order valence-corrected chi connectivity index (χ2v) is 4.45. The minimum atomic E-state index is 0.491. The van der Waals surface area contributed by atoms with E-state index in [9.17, 15) is 0 Å². The first kappa shape index (κ1) is 11.6. The number of aryl methyl sites for hydroxylation is 2. The smallest absolute Gasteiger partial charge is 0.121 e. The van der Waals surface area contributed by atoms with Gasteiger partial charge >= 0.3 is 0 Å². The van der Waals surface area contributed by atoms with Gasteiger partial charge in [0.2, 0.25) is 0 Å². The van der Waals surface area contributed by atoms with Crippen LogP contribution in [0.2, 0.25) is 0 Å². The predicted molar refractivity (Wildman–Crippen MR) is 71.3 cm³/mol. The van der Waals surface area contributed by atoms with Crippen molar-refractivity contribution >= 4 is 12.2 Å². The van der Waals surface area contributed by atoms with Gasteiger partial charge in [0, 0.05) is 11.3 Å². The van der Waals surface area contributed by atoms with E-state index in [0.29, 0.717) is 10.2 Å². The molecule has 2 aromatic rings. The minimum absolute atomic E-state index is 0.491. The molecule has 0 radical (unpaired) electrons. The quantitative estimate of drug-likeness (QED) is 0.768. The normalized spacial score (nSPS) is 9.94. The summed E-state index contributed by atoms with van der Waals surface area (Å²) in [4.78, 5) is 3.10. The Hall–Kier alpha value is -1.92. The maximum Gasteiger partial charge on any atom is 0.121 e. The third-order valence-corrected chi connectivity index (χ3v) is 3.02. The molecule has 0 atom stereocenters. The molecule has 0 aliphatic rings. The highest BCUT2D eigenvalue weighted by atomic mass is 32.1. The molecule has 1 aromatic carbocycles. The SMILES string of the molecule is Cc1ccc(-c2ccc(C#N)c(=S)[nH]2)c(C)c1. The highest BCUT2D eigenvalue weighted by Gasteiger charge is 2.03. The number of benzene rings is 1. The van der Waals surface area contributed by atoms with E-state index in [1.165, 1.54) is 11.1 Å². The molecule has 3 heteroatoms. The summed E-state index contributed by atoms with van der Waals surface area (Å²) in [6, 6.07) is 12.0. The molecule has 84 valence electrons. The van der Waals surface area contributed by atoms with Crippen molar-refractivity contribution in [1.29, 1.82) is 5.26 Å². The predicted octanol–water partition coefficient (Wildman–Crippen LogP) is 3.90. The Morgan fingerprint density at radius 3 is 2.53 bits per heavy atom. The van der Waals surface area contributed by atoms with Gasteiger partial charge in [0.25, 0.3) is 0 Å². The van der Waals surface area contributed by atoms with Crippen LogP contribution < -0.4 is 0 Å². The highest BCUT2D eigenvalue weighted by molar-refractivity contribution is 7.71. The fraction of sp³-hybridized carbons (Fsp3) is 0.143. The van der Waals surface area contributed by atoms with E-state index in [0.717, 1.165) is 11.3 Å². The molecule has 0 saturated carbocycles. The molecular formula is C14H12N2S. The van der Waals surface area contributed by atoms with Gasteiger partial charge in [-0.2, -0.15) is 5.26 Å². The monoisotopic (exact) mass is 240 g/mol. The van der Waals surface area contributed by atoms with Crippen LogP contribution in [0.5, 0.6) is 0 Å². The molecule has 0 aliphatic carbocycles. The first-order valence-electron chi connectivity index (χ1n) is 5.33. The number of pyridine rings is 1. The lowest BCUT2D eigenvalue weighted by molar-refractivity contribution is 1.25. The van der Waals surface area contributed by atoms with Gasteiger partial charge in [-0.3, -0.25) is 0 Å². The fourth-order valence-electron chi connectivity index (χ4n) is 1.83. The average molecular weight is 240 g/mol. The van der Waals surface area contributed by atoms with Crippen LogP contribution in [0.15, 0.2) is 30.3 Å². The van der Waals surface area contributed by atoms with Crippen molar-refractivity contribution in [3.63, 3.8) is 0 Å². The topological polar surface area (TPSA) is 39.6 Å². The van der Waals surface area contributed by atoms with Crippen LogP contribution in [0.3, 0.4) is 0 Å². The van der Waals surface area contributed by atoms with Crippen molar-refractivity contribution in [1.82, 2.24) is 4.98 Å². The van der Waals surface area contributed by atoms with Gasteiger partial charge in [0.15, 0.2) is 0 Å². The number of hydrogen-bond acceptors (Lipinski definition) is 2. The summed E-state index contributed by atoms with van der Waals surface area (Å²) in [5.41, 5.74) is 5.00. The zero-order valence-electron chi connectivity index (χ0n) is 9.74. The van der Waals surface area contributed by atoms with E-state index in [2.05, 4.69) is 43.1 Å². The van der Waals surface area contributed by atoms with Crippen LogP contribution in [0.4, 0.5) is 0 Å². The summed E-state index contributed by atoms with van der Waals surface area (Å²) in [5.74, 6) is 0. The summed E-state index contributed by atoms with van der Waals surface area (Å²) in [6.45, 7) is 4.13. The second-order valence-electron chi connectivity index (χ2n) is 4.04. The number of aromatic amines is 1. The van der Waals surface area contributed by atoms with Crippen LogP contribution in [0.25, 0.3) is 11.3 Å². The van der Waals surface area contributed by atoms with Crippen molar-refractivity contribution in [3.05, 3.63) is 51.7 Å². The van der Waals surface area contributed by atoms with Crippen LogP contribution in [0.1, 0.15) is 16.7 Å². The lowest BCUT2D eigenvalue weighted by Gasteiger charge is -2.07. The van der Waals surface area contributed by atoms with E-state index in [1.54, 1.807) is 6.07 Å². The van der Waals surface area contributed by atoms with E-state index in [1.807, 2.05) is 6.07 Å². The van der Waals surface area contributed by atoms with Crippen LogP contribution in [0, 0.1) is 29.8 Å². The van der Waals surface area contributed by atoms with Gasteiger partial charge in [-0.15, -0.1) is 0 Å². The molecule has 17 heavy (non-hydrogen) atoms. The minimum Gasteiger partial charge on any atom is -0.345 e. The molecule has 0 saturated heterocycles. The zero-order chi connectivity index (χ0) is 12.4. The number of nitriles is 1. The molecule has 1 heterocycles. The molecule has 0 amide bonds. The Balaban J connectivity index is 2.58. The summed E-state index contributed by atoms with van der Waals surface area (Å²) in [5, 5.41) is 8.83. The molecular weight excluding hydrogens is 228 g/mol. The summed E-state index contributed by atoms with van der Waals surface area (Å²) >= 11 is 5.13. The van der Waals surface area contributed by atoms with Crippen molar-refractivity contribution in [2.24, 2.45) is 0 Å². The number of hydrogen-bond donors (Lipinski definition) is 1. The maximum atomic E-state index is 8.83. The third-order valence-electron chi connectivity index (χ3n) is 2.70. The van der Waals surface area contributed by atoms with Gasteiger partial charge in [-0.25, -0.2) is 0 Å². The fourth-order valence-corrected chi connectivity index (χ4v) is 2.06. The van der Waals surface area contributed by atoms with Crippen molar-refractivity contribution < 1.29 is 0 Å². The molecule has 0 fully saturated rings. The molecule has 0 aliphatic heterocycles. The number of H-pyrrole nitrogens is 1. The van der Waals surface area contributed by atoms with E-state index < -0.39 is 0 Å². The Morgan fingerprint density at radius 1 is 1.18 bits per heavy atom. The number of nitrogens with zero attached hydrogens (tertiary/aromatic N) is 1. The van der Waals surface area contributed by atoms with E-state index >= 15 is 0 Å². The summed E-state index contributed by atoms with van der Waals surface area (Å²) in [7, 11) is 0. The van der Waals surface area contributed by atoms with Crippen LogP contribution in [-0.2, 0) is 0 Å². The lowest BCUT2D eigenvalue weighted by atomic mass is 10.0.